The number of hydrogen-bond donors (Lipinski definition) is 2. The summed E-state index contributed by atoms with van der Waals surface area (Å²) in [5.74, 6) is -0.0132. The lowest BCUT2D eigenvalue weighted by Gasteiger charge is -2.36. The minimum atomic E-state index is -0.636. The number of likely N-dealkylation sites (tertiary alicyclic amines) is 1. The van der Waals surface area contributed by atoms with E-state index in [1.54, 1.807) is 0 Å². The molecule has 5 nitrogen and oxygen atoms in total. The Morgan fingerprint density at radius 2 is 2.05 bits per heavy atom. The first-order valence-electron chi connectivity index (χ1n) is 8.26. The van der Waals surface area contributed by atoms with Gasteiger partial charge in [-0.15, -0.1) is 0 Å². The summed E-state index contributed by atoms with van der Waals surface area (Å²) < 4.78 is 0. The summed E-state index contributed by atoms with van der Waals surface area (Å²) in [5, 5.41) is 12.5. The second-order valence-electron chi connectivity index (χ2n) is 6.76. The van der Waals surface area contributed by atoms with Gasteiger partial charge in [-0.05, 0) is 32.6 Å². The normalized spacial score (nSPS) is 30.1. The van der Waals surface area contributed by atoms with Gasteiger partial charge in [0.15, 0.2) is 0 Å². The first-order valence-corrected chi connectivity index (χ1v) is 8.26. The monoisotopic (exact) mass is 292 g/mol. The Morgan fingerprint density at radius 1 is 1.38 bits per heavy atom. The molecule has 5 heteroatoms. The summed E-state index contributed by atoms with van der Waals surface area (Å²) in [7, 11) is 0. The van der Waals surface area contributed by atoms with Crippen LogP contribution in [0, 0.1) is 11.3 Å². The van der Waals surface area contributed by atoms with Crippen molar-refractivity contribution in [3.05, 3.63) is 0 Å². The molecule has 118 valence electrons. The van der Waals surface area contributed by atoms with Crippen LogP contribution >= 0.6 is 0 Å². The Morgan fingerprint density at radius 3 is 2.62 bits per heavy atom. The summed E-state index contributed by atoms with van der Waals surface area (Å²) in [6.07, 6.45) is 7.86. The molecule has 21 heavy (non-hydrogen) atoms. The van der Waals surface area contributed by atoms with Crippen LogP contribution < -0.4 is 11.1 Å². The van der Waals surface area contributed by atoms with Crippen molar-refractivity contribution < 1.29 is 4.79 Å². The first kappa shape index (κ1) is 16.3. The summed E-state index contributed by atoms with van der Waals surface area (Å²) >= 11 is 0. The average Bonchev–Trinajstić information content (AvgIpc) is 2.68. The molecule has 2 fully saturated rings. The molecular weight excluding hydrogens is 264 g/mol. The van der Waals surface area contributed by atoms with E-state index < -0.39 is 5.54 Å². The van der Waals surface area contributed by atoms with Gasteiger partial charge < -0.3 is 11.1 Å². The summed E-state index contributed by atoms with van der Waals surface area (Å²) in [6, 6.07) is 2.97. The molecule has 1 aliphatic carbocycles. The van der Waals surface area contributed by atoms with Gasteiger partial charge in [0.1, 0.15) is 5.54 Å². The Labute approximate surface area is 127 Å². The summed E-state index contributed by atoms with van der Waals surface area (Å²) in [6.45, 7) is 3.38. The van der Waals surface area contributed by atoms with Crippen molar-refractivity contribution in [3.63, 3.8) is 0 Å². The molecule has 0 aromatic rings. The number of nitrogens with zero attached hydrogens (tertiary/aromatic N) is 2. The van der Waals surface area contributed by atoms with Crippen LogP contribution in [0.5, 0.6) is 0 Å². The molecule has 2 aliphatic rings. The lowest BCUT2D eigenvalue weighted by Crippen LogP contribution is -2.53. The van der Waals surface area contributed by atoms with Gasteiger partial charge in [0.25, 0.3) is 0 Å². The third kappa shape index (κ3) is 4.42. The maximum atomic E-state index is 12.3. The number of rotatable bonds is 3. The van der Waals surface area contributed by atoms with E-state index in [4.69, 9.17) is 5.73 Å². The molecule has 0 spiro atoms. The van der Waals surface area contributed by atoms with Crippen molar-refractivity contribution in [2.24, 2.45) is 5.73 Å². The van der Waals surface area contributed by atoms with Crippen molar-refractivity contribution >= 4 is 5.91 Å². The van der Waals surface area contributed by atoms with E-state index in [-0.39, 0.29) is 11.9 Å². The maximum absolute atomic E-state index is 12.3. The number of carbonyl (C=O) groups is 1. The van der Waals surface area contributed by atoms with Crippen LogP contribution in [0.25, 0.3) is 0 Å². The second kappa shape index (κ2) is 7.24. The van der Waals surface area contributed by atoms with Crippen molar-refractivity contribution in [3.8, 4) is 6.07 Å². The van der Waals surface area contributed by atoms with Crippen LogP contribution in [0.4, 0.5) is 0 Å². The third-order valence-corrected chi connectivity index (χ3v) is 4.95. The van der Waals surface area contributed by atoms with Crippen molar-refractivity contribution in [1.29, 1.82) is 5.26 Å². The molecule has 0 aromatic heterocycles. The minimum absolute atomic E-state index is 0.0132. The average molecular weight is 292 g/mol. The molecule has 2 atom stereocenters. The largest absolute Gasteiger partial charge is 0.337 e. The van der Waals surface area contributed by atoms with E-state index in [2.05, 4.69) is 23.2 Å². The van der Waals surface area contributed by atoms with Crippen molar-refractivity contribution in [2.75, 3.05) is 13.1 Å². The van der Waals surface area contributed by atoms with Gasteiger partial charge >= 0.3 is 0 Å². The zero-order valence-electron chi connectivity index (χ0n) is 13.1. The number of amides is 1. The highest BCUT2D eigenvalue weighted by Gasteiger charge is 2.33. The van der Waals surface area contributed by atoms with Gasteiger partial charge in [-0.1, -0.05) is 25.7 Å². The number of nitriles is 1. The van der Waals surface area contributed by atoms with Crippen LogP contribution in [-0.2, 0) is 4.79 Å². The number of hydrogen-bond acceptors (Lipinski definition) is 4. The van der Waals surface area contributed by atoms with Crippen LogP contribution in [0.2, 0.25) is 0 Å². The number of carbonyl (C=O) groups excluding carboxylic acids is 1. The summed E-state index contributed by atoms with van der Waals surface area (Å²) in [5.41, 5.74) is 5.32. The number of nitrogens with two attached hydrogens (primary N) is 1. The molecule has 3 N–H and O–H groups in total. The smallest absolute Gasteiger partial charge is 0.235 e. The first-order chi connectivity index (χ1) is 10.0. The predicted molar refractivity (Wildman–Crippen MR) is 82.4 cm³/mol. The van der Waals surface area contributed by atoms with Gasteiger partial charge in [-0.2, -0.15) is 5.26 Å². The standard InChI is InChI=1S/C16H28N4O/c1-13-10-14(18)6-9-20(13)11-15(21)19-16(12-17)7-4-2-3-5-8-16/h13-14H,2-11,18H2,1H3,(H,19,21). The third-order valence-electron chi connectivity index (χ3n) is 4.95. The quantitative estimate of drug-likeness (QED) is 0.773. The SMILES string of the molecule is CC1CC(N)CCN1CC(=O)NC1(C#N)CCCCCC1. The number of nitrogens with one attached hydrogen (secondary N) is 1. The summed E-state index contributed by atoms with van der Waals surface area (Å²) in [4.78, 5) is 14.5. The van der Waals surface area contributed by atoms with E-state index in [1.807, 2.05) is 0 Å². The fourth-order valence-electron chi connectivity index (χ4n) is 3.58. The van der Waals surface area contributed by atoms with Gasteiger partial charge in [-0.25, -0.2) is 0 Å². The minimum Gasteiger partial charge on any atom is -0.337 e. The lowest BCUT2D eigenvalue weighted by atomic mass is 9.91. The van der Waals surface area contributed by atoms with Crippen molar-refractivity contribution in [2.45, 2.75) is 75.9 Å². The van der Waals surface area contributed by atoms with E-state index in [1.165, 1.54) is 12.8 Å². The van der Waals surface area contributed by atoms with Gasteiger partial charge in [0.2, 0.25) is 5.91 Å². The number of piperidine rings is 1. The molecule has 0 aromatic carbocycles. The van der Waals surface area contributed by atoms with Crippen LogP contribution in [0.1, 0.15) is 58.3 Å². The molecule has 0 bridgehead atoms. The highest BCUT2D eigenvalue weighted by molar-refractivity contribution is 5.79. The fraction of sp³-hybridized carbons (Fsp3) is 0.875. The molecule has 1 heterocycles. The lowest BCUT2D eigenvalue weighted by molar-refractivity contribution is -0.124. The molecule has 1 saturated carbocycles. The van der Waals surface area contributed by atoms with Crippen LogP contribution in [0.15, 0.2) is 0 Å². The van der Waals surface area contributed by atoms with E-state index >= 15 is 0 Å². The Hall–Kier alpha value is -1.12. The zero-order chi connectivity index (χ0) is 15.3. The molecule has 1 aliphatic heterocycles. The van der Waals surface area contributed by atoms with Crippen molar-refractivity contribution in [1.82, 2.24) is 10.2 Å². The van der Waals surface area contributed by atoms with Gasteiger partial charge in [-0.3, -0.25) is 9.69 Å². The van der Waals surface area contributed by atoms with Crippen LogP contribution in [0.3, 0.4) is 0 Å². The van der Waals surface area contributed by atoms with Gasteiger partial charge in [0.05, 0.1) is 12.6 Å². The Balaban J connectivity index is 1.89. The van der Waals surface area contributed by atoms with Gasteiger partial charge in [0, 0.05) is 18.6 Å². The fourth-order valence-corrected chi connectivity index (χ4v) is 3.58. The molecule has 1 amide bonds. The predicted octanol–water partition coefficient (Wildman–Crippen LogP) is 1.53. The topological polar surface area (TPSA) is 82.2 Å². The highest BCUT2D eigenvalue weighted by Crippen LogP contribution is 2.26. The zero-order valence-corrected chi connectivity index (χ0v) is 13.1. The molecule has 2 unspecified atom stereocenters. The Kier molecular flexibility index (Phi) is 5.60. The molecule has 1 saturated heterocycles. The molecule has 2 rings (SSSR count). The van der Waals surface area contributed by atoms with Crippen LogP contribution in [-0.4, -0.2) is 41.5 Å². The van der Waals surface area contributed by atoms with E-state index in [0.29, 0.717) is 12.6 Å². The maximum Gasteiger partial charge on any atom is 0.235 e. The second-order valence-corrected chi connectivity index (χ2v) is 6.76. The van der Waals surface area contributed by atoms with E-state index in [0.717, 1.165) is 45.1 Å². The highest BCUT2D eigenvalue weighted by atomic mass is 16.2. The Bertz CT molecular complexity index is 396. The van der Waals surface area contributed by atoms with E-state index in [9.17, 15) is 10.1 Å². The molecule has 0 radical (unpaired) electrons. The molecular formula is C16H28N4O.